The molecule has 1 saturated heterocycles. The van der Waals surface area contributed by atoms with E-state index >= 15 is 0 Å². The Morgan fingerprint density at radius 1 is 1.33 bits per heavy atom. The SMILES string of the molecule is [2H]C([2H])(C)Cc1nn(C([2H])([2H])[2H])c2c(=O)[nH]c(-c3cc(S(=O)(=O)NCC([2H])([2H])C4CCCN4C([2H])([2H])[2H])ccc3OCCC)nc12. The molecule has 0 aliphatic carbocycles. The predicted octanol–water partition coefficient (Wildman–Crippen LogP) is 2.83. The molecule has 3 aromatic rings. The van der Waals surface area contributed by atoms with Gasteiger partial charge in [0.2, 0.25) is 10.0 Å². The number of fused-ring (bicyclic) bond motifs is 1. The van der Waals surface area contributed by atoms with Crippen LogP contribution in [0.5, 0.6) is 5.75 Å². The number of aryl methyl sites for hydroxylation is 2. The molecule has 0 bridgehead atoms. The third-order valence-corrected chi connectivity index (χ3v) is 7.17. The first-order chi connectivity index (χ1) is 21.0. The van der Waals surface area contributed by atoms with Gasteiger partial charge in [-0.1, -0.05) is 20.2 Å². The number of benzene rings is 1. The van der Waals surface area contributed by atoms with Crippen LogP contribution < -0.4 is 15.0 Å². The molecule has 11 heteroatoms. The lowest BCUT2D eigenvalue weighted by Gasteiger charge is -2.19. The quantitative estimate of drug-likeness (QED) is 0.394. The van der Waals surface area contributed by atoms with Gasteiger partial charge in [0.1, 0.15) is 17.1 Å². The Balaban J connectivity index is 1.78. The summed E-state index contributed by atoms with van der Waals surface area (Å²) in [6.45, 7) is -2.67. The zero-order valence-corrected chi connectivity index (χ0v) is 20.9. The minimum atomic E-state index is -4.41. The lowest BCUT2D eigenvalue weighted by molar-refractivity contribution is 0.297. The van der Waals surface area contributed by atoms with E-state index in [2.05, 4.69) is 19.8 Å². The van der Waals surface area contributed by atoms with Gasteiger partial charge in [-0.3, -0.25) is 9.48 Å². The van der Waals surface area contributed by atoms with Crippen molar-refractivity contribution in [1.29, 1.82) is 0 Å². The van der Waals surface area contributed by atoms with Gasteiger partial charge >= 0.3 is 0 Å². The number of aromatic nitrogens is 4. The summed E-state index contributed by atoms with van der Waals surface area (Å²) in [5, 5.41) is 3.99. The van der Waals surface area contributed by atoms with Gasteiger partial charge in [0.25, 0.3) is 5.56 Å². The zero-order chi connectivity index (χ0) is 34.5. The number of ether oxygens (including phenoxy) is 1. The van der Waals surface area contributed by atoms with Crippen molar-refractivity contribution in [3.05, 3.63) is 34.2 Å². The maximum atomic E-state index is 13.4. The van der Waals surface area contributed by atoms with Gasteiger partial charge in [-0.05, 0) is 63.8 Å². The van der Waals surface area contributed by atoms with Crippen LogP contribution in [0.3, 0.4) is 0 Å². The Bertz CT molecular complexity index is 1750. The standard InChI is InChI=1S/C25H36N6O4S/c1-5-8-20-22-23(31(4)29-20)25(32)28-24(27-22)19-16-18(10-11-21(19)35-15-6-2)36(33,34)26-13-12-17-9-7-14-30(17)3/h10-11,16-17,26H,5-9,12-15H2,1-4H3,(H,27,28,32)/i3D3,4D3,5D2,12D2. The molecule has 1 aliphatic rings. The smallest absolute Gasteiger partial charge is 0.277 e. The number of rotatable bonds is 11. The molecule has 10 nitrogen and oxygen atoms in total. The van der Waals surface area contributed by atoms with Crippen LogP contribution in [-0.2, 0) is 23.4 Å². The Morgan fingerprint density at radius 2 is 2.19 bits per heavy atom. The highest BCUT2D eigenvalue weighted by Gasteiger charge is 2.23. The average Bonchev–Trinajstić information content (AvgIpc) is 3.57. The lowest BCUT2D eigenvalue weighted by Crippen LogP contribution is -2.31. The number of sulfonamides is 1. The molecule has 2 N–H and O–H groups in total. The normalized spacial score (nSPS) is 22.3. The summed E-state index contributed by atoms with van der Waals surface area (Å²) in [5.41, 5.74) is -1.59. The summed E-state index contributed by atoms with van der Waals surface area (Å²) in [7, 11) is -4.41. The molecule has 0 amide bonds. The molecule has 0 radical (unpaired) electrons. The maximum absolute atomic E-state index is 13.4. The van der Waals surface area contributed by atoms with Gasteiger partial charge in [-0.2, -0.15) is 5.10 Å². The van der Waals surface area contributed by atoms with Crippen LogP contribution >= 0.6 is 0 Å². The molecule has 0 spiro atoms. The fourth-order valence-electron chi connectivity index (χ4n) is 4.01. The largest absolute Gasteiger partial charge is 0.493 e. The molecule has 1 aromatic carbocycles. The van der Waals surface area contributed by atoms with E-state index in [1.54, 1.807) is 0 Å². The van der Waals surface area contributed by atoms with Crippen molar-refractivity contribution < 1.29 is 26.9 Å². The number of nitrogens with one attached hydrogen (secondary N) is 2. The van der Waals surface area contributed by atoms with Crippen LogP contribution in [-0.4, -0.2) is 65.8 Å². The maximum Gasteiger partial charge on any atom is 0.277 e. The molecule has 1 aliphatic heterocycles. The lowest BCUT2D eigenvalue weighted by atomic mass is 10.1. The van der Waals surface area contributed by atoms with Crippen molar-refractivity contribution >= 4 is 21.1 Å². The second kappa shape index (κ2) is 11.1. The molecule has 3 heterocycles. The Morgan fingerprint density at radius 3 is 2.94 bits per heavy atom. The van der Waals surface area contributed by atoms with Crippen LogP contribution in [0.1, 0.15) is 65.3 Å². The third-order valence-electron chi connectivity index (χ3n) is 5.78. The summed E-state index contributed by atoms with van der Waals surface area (Å²) >= 11 is 0. The third kappa shape index (κ3) is 5.47. The molecule has 0 saturated carbocycles. The second-order valence-electron chi connectivity index (χ2n) is 8.39. The van der Waals surface area contributed by atoms with Crippen LogP contribution in [0.15, 0.2) is 27.9 Å². The van der Waals surface area contributed by atoms with Gasteiger partial charge < -0.3 is 14.6 Å². The number of H-pyrrole nitrogens is 1. The average molecular weight is 527 g/mol. The molecule has 36 heavy (non-hydrogen) atoms. The molecule has 196 valence electrons. The molecule has 2 aromatic heterocycles. The van der Waals surface area contributed by atoms with E-state index in [4.69, 9.17) is 18.4 Å². The summed E-state index contributed by atoms with van der Waals surface area (Å²) in [4.78, 5) is 20.9. The molecule has 1 fully saturated rings. The minimum absolute atomic E-state index is 0.00907. The highest BCUT2D eigenvalue weighted by Crippen LogP contribution is 2.31. The van der Waals surface area contributed by atoms with Crippen LogP contribution in [0.4, 0.5) is 0 Å². The van der Waals surface area contributed by atoms with E-state index < -0.39 is 60.4 Å². The Labute approximate surface area is 226 Å². The van der Waals surface area contributed by atoms with Gasteiger partial charge in [-0.15, -0.1) is 0 Å². The predicted molar refractivity (Wildman–Crippen MR) is 140 cm³/mol. The van der Waals surface area contributed by atoms with Gasteiger partial charge in [0.15, 0.2) is 5.52 Å². The van der Waals surface area contributed by atoms with E-state index in [1.807, 2.05) is 6.92 Å². The first-order valence-corrected chi connectivity index (χ1v) is 13.1. The second-order valence-corrected chi connectivity index (χ2v) is 10.2. The molecule has 1 atom stereocenters. The van der Waals surface area contributed by atoms with E-state index in [9.17, 15) is 13.2 Å². The van der Waals surface area contributed by atoms with Crippen molar-refractivity contribution in [2.75, 3.05) is 26.7 Å². The highest BCUT2D eigenvalue weighted by molar-refractivity contribution is 7.89. The number of aromatic amines is 1. The summed E-state index contributed by atoms with van der Waals surface area (Å²) < 4.78 is 115. The van der Waals surface area contributed by atoms with Crippen molar-refractivity contribution in [2.45, 2.75) is 63.2 Å². The molecule has 4 rings (SSSR count). The van der Waals surface area contributed by atoms with Crippen molar-refractivity contribution in [3.8, 4) is 17.1 Å². The van der Waals surface area contributed by atoms with Gasteiger partial charge in [-0.25, -0.2) is 18.1 Å². The first-order valence-electron chi connectivity index (χ1n) is 16.6. The zero-order valence-electron chi connectivity index (χ0n) is 30.1. The van der Waals surface area contributed by atoms with Crippen LogP contribution in [0.2, 0.25) is 0 Å². The fourth-order valence-corrected chi connectivity index (χ4v) is 4.97. The van der Waals surface area contributed by atoms with Crippen molar-refractivity contribution in [2.24, 2.45) is 6.98 Å². The minimum Gasteiger partial charge on any atom is -0.493 e. The van der Waals surface area contributed by atoms with Crippen LogP contribution in [0, 0.1) is 0 Å². The fraction of sp³-hybridized carbons (Fsp3) is 0.560. The number of likely N-dealkylation sites (tertiary alicyclic amines) is 1. The Hall–Kier alpha value is -2.76. The first kappa shape index (κ1) is 16.2. The molecule has 1 unspecified atom stereocenters. The van der Waals surface area contributed by atoms with Gasteiger partial charge in [0, 0.05) is 33.3 Å². The van der Waals surface area contributed by atoms with Crippen molar-refractivity contribution in [1.82, 2.24) is 29.4 Å². The summed E-state index contributed by atoms with van der Waals surface area (Å²) in [6.07, 6.45) is -3.18. The van der Waals surface area contributed by atoms with E-state index in [-0.39, 0.29) is 59.2 Å². The number of hydrogen-bond acceptors (Lipinski definition) is 7. The molecular formula is C25H36N6O4S. The monoisotopic (exact) mass is 526 g/mol. The summed E-state index contributed by atoms with van der Waals surface area (Å²) in [5.74, 6) is -0.0632. The van der Waals surface area contributed by atoms with Gasteiger partial charge in [0.05, 0.1) is 22.8 Å². The number of nitrogens with zero attached hydrogens (tertiary/aromatic N) is 4. The van der Waals surface area contributed by atoms with E-state index in [0.29, 0.717) is 17.5 Å². The van der Waals surface area contributed by atoms with E-state index in [0.717, 1.165) is 11.0 Å². The Kier molecular flexibility index (Phi) is 4.98. The topological polar surface area (TPSA) is 122 Å². The molecular weight excluding hydrogens is 480 g/mol. The number of hydrogen-bond donors (Lipinski definition) is 2. The van der Waals surface area contributed by atoms with Crippen LogP contribution in [0.25, 0.3) is 22.4 Å². The van der Waals surface area contributed by atoms with Crippen molar-refractivity contribution in [3.63, 3.8) is 0 Å². The highest BCUT2D eigenvalue weighted by atomic mass is 32.2. The van der Waals surface area contributed by atoms with E-state index in [1.165, 1.54) is 19.1 Å². The summed E-state index contributed by atoms with van der Waals surface area (Å²) in [6, 6.07) is 2.67.